The van der Waals surface area contributed by atoms with E-state index in [0.29, 0.717) is 48.7 Å². The zero-order chi connectivity index (χ0) is 29.9. The molecule has 1 aromatic heterocycles. The van der Waals surface area contributed by atoms with Crippen molar-refractivity contribution in [2.45, 2.75) is 43.1 Å². The van der Waals surface area contributed by atoms with Crippen LogP contribution >= 0.6 is 12.4 Å². The van der Waals surface area contributed by atoms with Crippen molar-refractivity contribution >= 4 is 24.2 Å². The molecule has 0 aliphatic carbocycles. The van der Waals surface area contributed by atoms with Crippen molar-refractivity contribution in [3.05, 3.63) is 83.7 Å². The molecule has 0 saturated carbocycles. The number of amides is 2. The fourth-order valence-corrected chi connectivity index (χ4v) is 7.67. The number of piperidine rings is 1. The number of carbonyl (C=O) groups is 2. The van der Waals surface area contributed by atoms with Crippen LogP contribution in [0.1, 0.15) is 53.6 Å². The first-order chi connectivity index (χ1) is 20.4. The molecule has 2 aliphatic rings. The zero-order valence-electron chi connectivity index (χ0n) is 25.2. The lowest BCUT2D eigenvalue weighted by Gasteiger charge is -2.61. The Bertz CT molecular complexity index is 1390. The Morgan fingerprint density at radius 1 is 1.05 bits per heavy atom. The van der Waals surface area contributed by atoms with Crippen LogP contribution in [0.4, 0.5) is 0 Å². The van der Waals surface area contributed by atoms with Crippen molar-refractivity contribution in [2.24, 2.45) is 11.7 Å². The van der Waals surface area contributed by atoms with Crippen molar-refractivity contribution in [1.29, 1.82) is 0 Å². The van der Waals surface area contributed by atoms with Crippen molar-refractivity contribution in [1.82, 2.24) is 15.2 Å². The number of carbonyl (C=O) groups excluding carboxylic acids is 2. The van der Waals surface area contributed by atoms with Crippen LogP contribution < -0.4 is 25.3 Å². The van der Waals surface area contributed by atoms with Crippen LogP contribution in [0.3, 0.4) is 0 Å². The maximum Gasteiger partial charge on any atom is 0.254 e. The molecule has 2 aromatic carbocycles. The molecule has 3 N–H and O–H groups in total. The van der Waals surface area contributed by atoms with Gasteiger partial charge < -0.3 is 30.2 Å². The first-order valence-corrected chi connectivity index (χ1v) is 14.5. The Morgan fingerprint density at radius 2 is 1.74 bits per heavy atom. The van der Waals surface area contributed by atoms with E-state index in [1.165, 1.54) is 21.3 Å². The van der Waals surface area contributed by atoms with Crippen LogP contribution in [0.2, 0.25) is 0 Å². The highest BCUT2D eigenvalue weighted by Crippen LogP contribution is 2.58. The second-order valence-corrected chi connectivity index (χ2v) is 11.1. The average molecular weight is 609 g/mol. The van der Waals surface area contributed by atoms with Crippen molar-refractivity contribution in [3.63, 3.8) is 0 Å². The summed E-state index contributed by atoms with van der Waals surface area (Å²) in [5, 5.41) is 3.52. The lowest BCUT2D eigenvalue weighted by atomic mass is 9.51. The van der Waals surface area contributed by atoms with Gasteiger partial charge in [0.2, 0.25) is 11.7 Å². The second-order valence-electron chi connectivity index (χ2n) is 11.1. The van der Waals surface area contributed by atoms with Crippen LogP contribution in [0.15, 0.2) is 67.0 Å². The van der Waals surface area contributed by atoms with Crippen LogP contribution in [-0.4, -0.2) is 68.2 Å². The van der Waals surface area contributed by atoms with Gasteiger partial charge in [0.1, 0.15) is 0 Å². The summed E-state index contributed by atoms with van der Waals surface area (Å²) in [5.41, 5.74) is 6.78. The van der Waals surface area contributed by atoms with E-state index < -0.39 is 22.8 Å². The number of ether oxygens (including phenoxy) is 3. The molecule has 2 aliphatic heterocycles. The first-order valence-electron chi connectivity index (χ1n) is 14.5. The quantitative estimate of drug-likeness (QED) is 0.371. The fourth-order valence-electron chi connectivity index (χ4n) is 7.67. The monoisotopic (exact) mass is 608 g/mol. The van der Waals surface area contributed by atoms with E-state index in [0.717, 1.165) is 24.1 Å². The summed E-state index contributed by atoms with van der Waals surface area (Å²) in [7, 11) is 4.60. The Morgan fingerprint density at radius 3 is 2.26 bits per heavy atom. The Balaban J connectivity index is 0.00000423. The van der Waals surface area contributed by atoms with E-state index in [1.54, 1.807) is 18.3 Å². The number of pyridine rings is 1. The molecule has 2 saturated heterocycles. The standard InChI is InChI=1S/C33H40N4O5.ClH/c1-5-33(25-13-16-36-21-25)29(22-10-9-15-35-20-22)32(31(34)39,24-11-7-6-8-12-24)14-17-37(33)30(38)23-18-26(40-2)28(42-4)27(19-23)41-3;/h6-12,15,18-20,25,29,36H,5,13-14,16-17,21H2,1-4H3,(H2,34,39);1H. The zero-order valence-corrected chi connectivity index (χ0v) is 26.0. The van der Waals surface area contributed by atoms with Gasteiger partial charge in [-0.3, -0.25) is 14.6 Å². The van der Waals surface area contributed by atoms with Gasteiger partial charge in [-0.2, -0.15) is 0 Å². The fraction of sp³-hybridized carbons (Fsp3) is 0.424. The van der Waals surface area contributed by atoms with Crippen LogP contribution in [0.25, 0.3) is 0 Å². The van der Waals surface area contributed by atoms with E-state index >= 15 is 0 Å². The summed E-state index contributed by atoms with van der Waals surface area (Å²) in [6.45, 7) is 3.99. The third-order valence-electron chi connectivity index (χ3n) is 9.46. The smallest absolute Gasteiger partial charge is 0.254 e. The number of halogens is 1. The van der Waals surface area contributed by atoms with Gasteiger partial charge in [0.25, 0.3) is 5.91 Å². The highest BCUT2D eigenvalue weighted by atomic mass is 35.5. The average Bonchev–Trinajstić information content (AvgIpc) is 3.59. The number of rotatable bonds is 9. The molecule has 43 heavy (non-hydrogen) atoms. The molecule has 4 atom stereocenters. The third kappa shape index (κ3) is 5.18. The predicted octanol–water partition coefficient (Wildman–Crippen LogP) is 4.34. The van der Waals surface area contributed by atoms with Gasteiger partial charge >= 0.3 is 0 Å². The Kier molecular flexibility index (Phi) is 9.87. The highest BCUT2D eigenvalue weighted by Gasteiger charge is 2.64. The lowest BCUT2D eigenvalue weighted by molar-refractivity contribution is -0.131. The van der Waals surface area contributed by atoms with Gasteiger partial charge in [0.05, 0.1) is 32.3 Å². The van der Waals surface area contributed by atoms with Gasteiger partial charge in [0.15, 0.2) is 11.5 Å². The number of aromatic nitrogens is 1. The molecule has 4 unspecified atom stereocenters. The van der Waals surface area contributed by atoms with E-state index in [4.69, 9.17) is 19.9 Å². The molecular formula is C33H41ClN4O5. The van der Waals surface area contributed by atoms with E-state index in [2.05, 4.69) is 17.2 Å². The number of hydrogen-bond acceptors (Lipinski definition) is 7. The van der Waals surface area contributed by atoms with Crippen LogP contribution in [0, 0.1) is 5.92 Å². The molecule has 0 radical (unpaired) electrons. The van der Waals surface area contributed by atoms with Crippen molar-refractivity contribution < 1.29 is 23.8 Å². The topological polar surface area (TPSA) is 116 Å². The summed E-state index contributed by atoms with van der Waals surface area (Å²) in [6, 6.07) is 17.1. The molecule has 3 heterocycles. The summed E-state index contributed by atoms with van der Waals surface area (Å²) in [6.07, 6.45) is 5.38. The maximum atomic E-state index is 14.8. The summed E-state index contributed by atoms with van der Waals surface area (Å²) in [4.78, 5) is 35.2. The molecule has 2 fully saturated rings. The molecule has 9 nitrogen and oxygen atoms in total. The summed E-state index contributed by atoms with van der Waals surface area (Å²) in [5.74, 6) is 0.272. The highest BCUT2D eigenvalue weighted by molar-refractivity contribution is 5.97. The predicted molar refractivity (Wildman–Crippen MR) is 167 cm³/mol. The van der Waals surface area contributed by atoms with Crippen LogP contribution in [0.5, 0.6) is 17.2 Å². The molecule has 230 valence electrons. The molecule has 0 spiro atoms. The van der Waals surface area contributed by atoms with Crippen molar-refractivity contribution in [3.8, 4) is 17.2 Å². The Hall–Kier alpha value is -3.82. The minimum atomic E-state index is -1.06. The molecule has 3 aromatic rings. The SMILES string of the molecule is CCC1(C2CCNC2)C(c2cccnc2)C(C(N)=O)(c2ccccc2)CCN1C(=O)c1cc(OC)c(OC)c(OC)c1.Cl. The van der Waals surface area contributed by atoms with Gasteiger partial charge in [-0.1, -0.05) is 43.3 Å². The van der Waals surface area contributed by atoms with E-state index in [9.17, 15) is 9.59 Å². The first kappa shape index (κ1) is 32.1. The number of nitrogens with zero attached hydrogens (tertiary/aromatic N) is 2. The summed E-state index contributed by atoms with van der Waals surface area (Å²) >= 11 is 0. The molecule has 2 amide bonds. The second kappa shape index (κ2) is 13.2. The van der Waals surface area contributed by atoms with Crippen LogP contribution in [-0.2, 0) is 10.2 Å². The third-order valence-corrected chi connectivity index (χ3v) is 9.46. The van der Waals surface area contributed by atoms with Crippen molar-refractivity contribution in [2.75, 3.05) is 41.0 Å². The number of likely N-dealkylation sites (tertiary alicyclic amines) is 1. The lowest BCUT2D eigenvalue weighted by Crippen LogP contribution is -2.70. The summed E-state index contributed by atoms with van der Waals surface area (Å²) < 4.78 is 16.7. The largest absolute Gasteiger partial charge is 0.493 e. The van der Waals surface area contributed by atoms with Gasteiger partial charge in [-0.15, -0.1) is 12.4 Å². The maximum absolute atomic E-state index is 14.8. The van der Waals surface area contributed by atoms with E-state index in [1.807, 2.05) is 53.6 Å². The number of hydrogen-bond donors (Lipinski definition) is 2. The van der Waals surface area contributed by atoms with Gasteiger partial charge in [-0.05, 0) is 61.1 Å². The molecule has 5 rings (SSSR count). The number of primary amides is 1. The number of nitrogens with one attached hydrogen (secondary N) is 1. The minimum Gasteiger partial charge on any atom is -0.493 e. The minimum absolute atomic E-state index is 0. The number of benzene rings is 2. The van der Waals surface area contributed by atoms with E-state index in [-0.39, 0.29) is 24.2 Å². The normalized spacial score (nSPS) is 25.0. The molecular weight excluding hydrogens is 568 g/mol. The Labute approximate surface area is 259 Å². The van der Waals surface area contributed by atoms with Gasteiger partial charge in [0, 0.05) is 37.0 Å². The number of nitrogens with two attached hydrogens (primary N) is 1. The molecule has 0 bridgehead atoms. The molecule has 10 heteroatoms. The number of methoxy groups -OCH3 is 3. The van der Waals surface area contributed by atoms with Gasteiger partial charge in [-0.25, -0.2) is 0 Å².